The maximum Gasteiger partial charge on any atom is 0.281 e. The van der Waals surface area contributed by atoms with E-state index in [0.29, 0.717) is 25.9 Å². The molecule has 1 saturated carbocycles. The van der Waals surface area contributed by atoms with E-state index < -0.39 is 10.2 Å². The van der Waals surface area contributed by atoms with Crippen molar-refractivity contribution in [3.8, 4) is 0 Å². The Bertz CT molecular complexity index is 527. The fourth-order valence-electron chi connectivity index (χ4n) is 2.47. The number of aliphatic hydroxyl groups is 1. The molecule has 1 fully saturated rings. The number of rotatable bonds is 6. The number of benzene rings is 1. The summed E-state index contributed by atoms with van der Waals surface area (Å²) in [6.45, 7) is 0.833. The lowest BCUT2D eigenvalue weighted by Gasteiger charge is -2.35. The molecule has 0 heterocycles. The van der Waals surface area contributed by atoms with Gasteiger partial charge >= 0.3 is 0 Å². The van der Waals surface area contributed by atoms with Crippen molar-refractivity contribution in [3.05, 3.63) is 35.9 Å². The van der Waals surface area contributed by atoms with Crippen LogP contribution in [0.1, 0.15) is 18.4 Å². The molecule has 0 amide bonds. The summed E-state index contributed by atoms with van der Waals surface area (Å²) in [4.78, 5) is 0. The first-order valence-corrected chi connectivity index (χ1v) is 8.19. The van der Waals surface area contributed by atoms with Gasteiger partial charge in [-0.3, -0.25) is 0 Å². The first kappa shape index (κ1) is 15.4. The van der Waals surface area contributed by atoms with Gasteiger partial charge in [0.15, 0.2) is 0 Å². The van der Waals surface area contributed by atoms with Crippen LogP contribution >= 0.6 is 0 Å². The summed E-state index contributed by atoms with van der Waals surface area (Å²) in [5.41, 5.74) is 0.964. The Hall–Kier alpha value is -0.950. The van der Waals surface area contributed by atoms with Crippen LogP contribution in [0.5, 0.6) is 0 Å². The second-order valence-electron chi connectivity index (χ2n) is 5.52. The summed E-state index contributed by atoms with van der Waals surface area (Å²) in [5, 5.41) is 9.26. The molecule has 6 heteroatoms. The molecule has 0 radical (unpaired) electrons. The molecule has 5 nitrogen and oxygen atoms in total. The van der Waals surface area contributed by atoms with E-state index in [4.69, 9.17) is 0 Å². The van der Waals surface area contributed by atoms with Crippen molar-refractivity contribution < 1.29 is 13.5 Å². The summed E-state index contributed by atoms with van der Waals surface area (Å²) in [7, 11) is -0.250. The average molecular weight is 298 g/mol. The lowest BCUT2D eigenvalue weighted by atomic mass is 9.82. The van der Waals surface area contributed by atoms with Crippen LogP contribution in [0.25, 0.3) is 0 Å². The Kier molecular flexibility index (Phi) is 4.80. The predicted molar refractivity (Wildman–Crippen MR) is 78.2 cm³/mol. The molecular formula is C14H22N2O3S. The highest BCUT2D eigenvalue weighted by Crippen LogP contribution is 2.28. The second-order valence-corrected chi connectivity index (χ2v) is 7.66. The lowest BCUT2D eigenvalue weighted by Crippen LogP contribution is -2.44. The molecule has 1 aliphatic rings. The first-order valence-electron chi connectivity index (χ1n) is 6.79. The molecule has 20 heavy (non-hydrogen) atoms. The number of hydrogen-bond acceptors (Lipinski definition) is 3. The van der Waals surface area contributed by atoms with Crippen LogP contribution in [0, 0.1) is 5.92 Å². The van der Waals surface area contributed by atoms with Crippen molar-refractivity contribution in [2.45, 2.75) is 25.5 Å². The standard InChI is InChI=1S/C14H22N2O3S/c1-15(10-12-6-4-3-5-7-12)20(18,19)16(2)11-13-8-14(17)9-13/h3-7,13-14,17H,8-11H2,1-2H3. The van der Waals surface area contributed by atoms with E-state index in [-0.39, 0.29) is 12.0 Å². The molecule has 0 unspecified atom stereocenters. The van der Waals surface area contributed by atoms with Gasteiger partial charge in [-0.1, -0.05) is 30.3 Å². The Morgan fingerprint density at radius 2 is 1.75 bits per heavy atom. The van der Waals surface area contributed by atoms with Gasteiger partial charge in [0.25, 0.3) is 10.2 Å². The Morgan fingerprint density at radius 3 is 2.30 bits per heavy atom. The molecule has 2 rings (SSSR count). The largest absolute Gasteiger partial charge is 0.393 e. The van der Waals surface area contributed by atoms with Crippen molar-refractivity contribution in [1.82, 2.24) is 8.61 Å². The Morgan fingerprint density at radius 1 is 1.15 bits per heavy atom. The summed E-state index contributed by atoms with van der Waals surface area (Å²) < 4.78 is 27.5. The smallest absolute Gasteiger partial charge is 0.281 e. The second kappa shape index (κ2) is 6.22. The molecule has 0 bridgehead atoms. The molecule has 1 aliphatic carbocycles. The molecule has 0 saturated heterocycles. The predicted octanol–water partition coefficient (Wildman–Crippen LogP) is 1.07. The number of aliphatic hydroxyl groups excluding tert-OH is 1. The first-order chi connectivity index (χ1) is 9.39. The zero-order valence-electron chi connectivity index (χ0n) is 11.9. The van der Waals surface area contributed by atoms with Crippen molar-refractivity contribution in [3.63, 3.8) is 0 Å². The van der Waals surface area contributed by atoms with Crippen molar-refractivity contribution in [2.24, 2.45) is 5.92 Å². The highest BCUT2D eigenvalue weighted by molar-refractivity contribution is 7.86. The van der Waals surface area contributed by atoms with Crippen LogP contribution in [0.2, 0.25) is 0 Å². The van der Waals surface area contributed by atoms with Crippen molar-refractivity contribution in [1.29, 1.82) is 0 Å². The van der Waals surface area contributed by atoms with Gasteiger partial charge in [0.05, 0.1) is 6.10 Å². The topological polar surface area (TPSA) is 60.9 Å². The normalized spacial score (nSPS) is 23.1. The van der Waals surface area contributed by atoms with Crippen LogP contribution in [-0.4, -0.2) is 48.9 Å². The van der Waals surface area contributed by atoms with Crippen LogP contribution < -0.4 is 0 Å². The third-order valence-corrected chi connectivity index (χ3v) is 5.62. The highest BCUT2D eigenvalue weighted by Gasteiger charge is 2.32. The minimum atomic E-state index is -3.44. The number of hydrogen-bond donors (Lipinski definition) is 1. The van der Waals surface area contributed by atoms with E-state index in [2.05, 4.69) is 0 Å². The molecule has 1 aromatic carbocycles. The van der Waals surface area contributed by atoms with Gasteiger partial charge in [0, 0.05) is 27.2 Å². The fourth-order valence-corrected chi connectivity index (χ4v) is 3.65. The Balaban J connectivity index is 1.94. The van der Waals surface area contributed by atoms with E-state index in [1.165, 1.54) is 8.61 Å². The molecule has 0 spiro atoms. The van der Waals surface area contributed by atoms with Crippen LogP contribution in [0.3, 0.4) is 0 Å². The van der Waals surface area contributed by atoms with Crippen molar-refractivity contribution in [2.75, 3.05) is 20.6 Å². The Labute approximate surface area is 121 Å². The summed E-state index contributed by atoms with van der Waals surface area (Å²) in [5.74, 6) is 0.273. The van der Waals surface area contributed by atoms with Gasteiger partial charge in [-0.25, -0.2) is 0 Å². The highest BCUT2D eigenvalue weighted by atomic mass is 32.2. The SMILES string of the molecule is CN(Cc1ccccc1)S(=O)(=O)N(C)CC1CC(O)C1. The third kappa shape index (κ3) is 3.58. The van der Waals surface area contributed by atoms with Crippen molar-refractivity contribution >= 4 is 10.2 Å². The number of nitrogens with zero attached hydrogens (tertiary/aromatic N) is 2. The molecule has 0 atom stereocenters. The zero-order chi connectivity index (χ0) is 14.8. The van der Waals surface area contributed by atoms with Gasteiger partial charge in [0.2, 0.25) is 0 Å². The van der Waals surface area contributed by atoms with Gasteiger partial charge in [-0.2, -0.15) is 17.0 Å². The van der Waals surface area contributed by atoms with E-state index in [9.17, 15) is 13.5 Å². The summed E-state index contributed by atoms with van der Waals surface area (Å²) >= 11 is 0. The summed E-state index contributed by atoms with van der Waals surface area (Å²) in [6.07, 6.45) is 1.14. The van der Waals surface area contributed by atoms with Crippen LogP contribution in [-0.2, 0) is 16.8 Å². The van der Waals surface area contributed by atoms with E-state index >= 15 is 0 Å². The van der Waals surface area contributed by atoms with Gasteiger partial charge in [-0.05, 0) is 24.3 Å². The van der Waals surface area contributed by atoms with E-state index in [1.54, 1.807) is 14.1 Å². The lowest BCUT2D eigenvalue weighted by molar-refractivity contribution is 0.0362. The maximum atomic E-state index is 12.4. The average Bonchev–Trinajstić information content (AvgIpc) is 2.37. The minimum absolute atomic E-state index is 0.252. The quantitative estimate of drug-likeness (QED) is 0.854. The molecule has 1 aromatic rings. The molecular weight excluding hydrogens is 276 g/mol. The van der Waals surface area contributed by atoms with E-state index in [1.807, 2.05) is 30.3 Å². The zero-order valence-corrected chi connectivity index (χ0v) is 12.8. The summed E-state index contributed by atoms with van der Waals surface area (Å²) in [6, 6.07) is 9.53. The minimum Gasteiger partial charge on any atom is -0.393 e. The molecule has 112 valence electrons. The fraction of sp³-hybridized carbons (Fsp3) is 0.571. The molecule has 0 aliphatic heterocycles. The third-order valence-electron chi connectivity index (χ3n) is 3.76. The van der Waals surface area contributed by atoms with Crippen LogP contribution in [0.15, 0.2) is 30.3 Å². The monoisotopic (exact) mass is 298 g/mol. The van der Waals surface area contributed by atoms with Gasteiger partial charge < -0.3 is 5.11 Å². The van der Waals surface area contributed by atoms with Crippen LogP contribution in [0.4, 0.5) is 0 Å². The maximum absolute atomic E-state index is 12.4. The van der Waals surface area contributed by atoms with E-state index in [0.717, 1.165) is 5.56 Å². The van der Waals surface area contributed by atoms with Gasteiger partial charge in [0.1, 0.15) is 0 Å². The van der Waals surface area contributed by atoms with Gasteiger partial charge in [-0.15, -0.1) is 0 Å². The molecule has 0 aromatic heterocycles. The molecule has 1 N–H and O–H groups in total.